The lowest BCUT2D eigenvalue weighted by Gasteiger charge is -2.37. The fourth-order valence-electron chi connectivity index (χ4n) is 4.47. The van der Waals surface area contributed by atoms with Gasteiger partial charge in [0, 0.05) is 32.2 Å². The Morgan fingerprint density at radius 3 is 2.45 bits per heavy atom. The Bertz CT molecular complexity index is 669. The van der Waals surface area contributed by atoms with Crippen LogP contribution in [0.15, 0.2) is 18.2 Å². The van der Waals surface area contributed by atoms with E-state index < -0.39 is 0 Å². The van der Waals surface area contributed by atoms with E-state index in [0.29, 0.717) is 22.6 Å². The SMILES string of the molecule is CN(C)CC(=O)NC1CCC(CCN2CCN(c3cccc(Cl)c3Cl)CC2)CC1. The third-order valence-corrected chi connectivity index (χ3v) is 6.98. The van der Waals surface area contributed by atoms with Gasteiger partial charge in [-0.05, 0) is 70.8 Å². The molecule has 1 aliphatic heterocycles. The van der Waals surface area contributed by atoms with Crippen LogP contribution in [0, 0.1) is 5.92 Å². The van der Waals surface area contributed by atoms with Crippen LogP contribution in [0.1, 0.15) is 32.1 Å². The fraction of sp³-hybridized carbons (Fsp3) is 0.682. The summed E-state index contributed by atoms with van der Waals surface area (Å²) < 4.78 is 0. The number of carbonyl (C=O) groups is 1. The van der Waals surface area contributed by atoms with Crippen LogP contribution in [0.4, 0.5) is 5.69 Å². The van der Waals surface area contributed by atoms with Crippen LogP contribution in [0.25, 0.3) is 0 Å². The smallest absolute Gasteiger partial charge is 0.234 e. The van der Waals surface area contributed by atoms with Crippen molar-refractivity contribution >= 4 is 34.8 Å². The maximum absolute atomic E-state index is 11.9. The van der Waals surface area contributed by atoms with E-state index in [-0.39, 0.29) is 5.91 Å². The number of carbonyl (C=O) groups excluding carboxylic acids is 1. The summed E-state index contributed by atoms with van der Waals surface area (Å²) in [5.74, 6) is 0.938. The summed E-state index contributed by atoms with van der Waals surface area (Å²) in [4.78, 5) is 18.8. The average Bonchev–Trinajstić information content (AvgIpc) is 2.69. The second-order valence-corrected chi connectivity index (χ2v) is 9.50. The Labute approximate surface area is 185 Å². The van der Waals surface area contributed by atoms with E-state index in [4.69, 9.17) is 23.2 Å². The summed E-state index contributed by atoms with van der Waals surface area (Å²) >= 11 is 12.5. The summed E-state index contributed by atoms with van der Waals surface area (Å²) in [6.45, 7) is 5.76. The zero-order valence-corrected chi connectivity index (χ0v) is 19.2. The van der Waals surface area contributed by atoms with Gasteiger partial charge in [-0.3, -0.25) is 9.69 Å². The molecule has 0 bridgehead atoms. The fourth-order valence-corrected chi connectivity index (χ4v) is 4.89. The molecule has 1 aliphatic carbocycles. The van der Waals surface area contributed by atoms with Crippen molar-refractivity contribution in [3.63, 3.8) is 0 Å². The molecule has 0 radical (unpaired) electrons. The third kappa shape index (κ3) is 6.74. The van der Waals surface area contributed by atoms with E-state index in [1.54, 1.807) is 0 Å². The zero-order valence-electron chi connectivity index (χ0n) is 17.7. The lowest BCUT2D eigenvalue weighted by Crippen LogP contribution is -2.47. The first kappa shape index (κ1) is 22.7. The summed E-state index contributed by atoms with van der Waals surface area (Å²) in [5, 5.41) is 4.48. The number of amides is 1. The van der Waals surface area contributed by atoms with Crippen molar-refractivity contribution in [1.29, 1.82) is 0 Å². The highest BCUT2D eigenvalue weighted by Crippen LogP contribution is 2.33. The first-order valence-electron chi connectivity index (χ1n) is 10.8. The van der Waals surface area contributed by atoms with Gasteiger partial charge in [0.25, 0.3) is 0 Å². The van der Waals surface area contributed by atoms with Crippen LogP contribution in [-0.2, 0) is 4.79 Å². The van der Waals surface area contributed by atoms with Gasteiger partial charge in [-0.1, -0.05) is 29.3 Å². The minimum atomic E-state index is 0.149. The van der Waals surface area contributed by atoms with Crippen molar-refractivity contribution in [3.8, 4) is 0 Å². The molecule has 2 aliphatic rings. The third-order valence-electron chi connectivity index (χ3n) is 6.17. The number of nitrogens with zero attached hydrogens (tertiary/aromatic N) is 3. The van der Waals surface area contributed by atoms with Crippen molar-refractivity contribution in [2.75, 3.05) is 58.3 Å². The summed E-state index contributed by atoms with van der Waals surface area (Å²) in [6, 6.07) is 6.23. The van der Waals surface area contributed by atoms with Gasteiger partial charge in [-0.25, -0.2) is 0 Å². The Hall–Kier alpha value is -1.01. The quantitative estimate of drug-likeness (QED) is 0.700. The summed E-state index contributed by atoms with van der Waals surface area (Å²) in [7, 11) is 3.86. The van der Waals surface area contributed by atoms with E-state index >= 15 is 0 Å². The van der Waals surface area contributed by atoms with Gasteiger partial charge in [0.2, 0.25) is 5.91 Å². The van der Waals surface area contributed by atoms with Gasteiger partial charge in [-0.15, -0.1) is 0 Å². The van der Waals surface area contributed by atoms with Gasteiger partial charge in [0.1, 0.15) is 0 Å². The Morgan fingerprint density at radius 2 is 1.79 bits per heavy atom. The first-order chi connectivity index (χ1) is 13.9. The van der Waals surface area contributed by atoms with Crippen molar-refractivity contribution in [2.45, 2.75) is 38.1 Å². The van der Waals surface area contributed by atoms with Crippen molar-refractivity contribution < 1.29 is 4.79 Å². The van der Waals surface area contributed by atoms with Crippen LogP contribution in [0.2, 0.25) is 10.0 Å². The molecule has 0 spiro atoms. The number of piperazine rings is 1. The zero-order chi connectivity index (χ0) is 20.8. The average molecular weight is 441 g/mol. The predicted molar refractivity (Wildman–Crippen MR) is 122 cm³/mol. The predicted octanol–water partition coefficient (Wildman–Crippen LogP) is 3.74. The second kappa shape index (κ2) is 10.9. The van der Waals surface area contributed by atoms with Gasteiger partial charge < -0.3 is 15.1 Å². The number of anilines is 1. The van der Waals surface area contributed by atoms with Gasteiger partial charge in [-0.2, -0.15) is 0 Å². The van der Waals surface area contributed by atoms with Crippen molar-refractivity contribution in [2.24, 2.45) is 5.92 Å². The molecule has 0 unspecified atom stereocenters. The van der Waals surface area contributed by atoms with Crippen LogP contribution < -0.4 is 10.2 Å². The number of halogens is 2. The van der Waals surface area contributed by atoms with E-state index in [2.05, 4.69) is 21.2 Å². The number of hydrogen-bond acceptors (Lipinski definition) is 4. The normalized spacial score (nSPS) is 23.4. The summed E-state index contributed by atoms with van der Waals surface area (Å²) in [6.07, 6.45) is 5.95. The molecule has 29 heavy (non-hydrogen) atoms. The van der Waals surface area contributed by atoms with E-state index in [1.807, 2.05) is 31.1 Å². The van der Waals surface area contributed by atoms with E-state index in [1.165, 1.54) is 25.8 Å². The largest absolute Gasteiger partial charge is 0.368 e. The topological polar surface area (TPSA) is 38.8 Å². The molecule has 1 saturated heterocycles. The lowest BCUT2D eigenvalue weighted by molar-refractivity contribution is -0.122. The van der Waals surface area contributed by atoms with E-state index in [0.717, 1.165) is 50.6 Å². The van der Waals surface area contributed by atoms with Crippen LogP contribution >= 0.6 is 23.2 Å². The van der Waals surface area contributed by atoms with Gasteiger partial charge >= 0.3 is 0 Å². The maximum atomic E-state index is 11.9. The second-order valence-electron chi connectivity index (χ2n) is 8.71. The van der Waals surface area contributed by atoms with Crippen LogP contribution in [0.3, 0.4) is 0 Å². The Morgan fingerprint density at radius 1 is 1.10 bits per heavy atom. The molecule has 0 atom stereocenters. The molecule has 1 N–H and O–H groups in total. The summed E-state index contributed by atoms with van der Waals surface area (Å²) in [5.41, 5.74) is 1.05. The molecule has 1 heterocycles. The molecule has 1 amide bonds. The molecule has 1 aromatic carbocycles. The molecule has 1 saturated carbocycles. The minimum absolute atomic E-state index is 0.149. The monoisotopic (exact) mass is 440 g/mol. The first-order valence-corrected chi connectivity index (χ1v) is 11.5. The van der Waals surface area contributed by atoms with E-state index in [9.17, 15) is 4.79 Å². The highest BCUT2D eigenvalue weighted by Gasteiger charge is 2.24. The number of benzene rings is 1. The molecule has 2 fully saturated rings. The molecule has 7 heteroatoms. The van der Waals surface area contributed by atoms with Crippen LogP contribution in [0.5, 0.6) is 0 Å². The molecule has 3 rings (SSSR count). The Balaban J connectivity index is 1.34. The standard InChI is InChI=1S/C22H34Cl2N4O/c1-26(2)16-21(29)25-18-8-6-17(7-9-18)10-11-27-12-14-28(15-13-27)20-5-3-4-19(23)22(20)24/h3-5,17-18H,6-16H2,1-2H3,(H,25,29). The highest BCUT2D eigenvalue weighted by molar-refractivity contribution is 6.43. The number of likely N-dealkylation sites (N-methyl/N-ethyl adjacent to an activating group) is 1. The van der Waals surface area contributed by atoms with Crippen molar-refractivity contribution in [3.05, 3.63) is 28.2 Å². The van der Waals surface area contributed by atoms with Gasteiger partial charge in [0.15, 0.2) is 0 Å². The number of nitrogens with one attached hydrogen (secondary N) is 1. The highest BCUT2D eigenvalue weighted by atomic mass is 35.5. The van der Waals surface area contributed by atoms with Crippen molar-refractivity contribution in [1.82, 2.24) is 15.1 Å². The molecule has 5 nitrogen and oxygen atoms in total. The van der Waals surface area contributed by atoms with Gasteiger partial charge in [0.05, 0.1) is 22.3 Å². The minimum Gasteiger partial charge on any atom is -0.368 e. The maximum Gasteiger partial charge on any atom is 0.234 e. The molecular weight excluding hydrogens is 407 g/mol. The molecule has 1 aromatic rings. The molecular formula is C22H34Cl2N4O. The van der Waals surface area contributed by atoms with Crippen LogP contribution in [-0.4, -0.2) is 75.1 Å². The number of rotatable bonds is 7. The molecule has 0 aromatic heterocycles. The Kier molecular flexibility index (Phi) is 8.48. The lowest BCUT2D eigenvalue weighted by atomic mass is 9.84. The molecule has 162 valence electrons. The number of hydrogen-bond donors (Lipinski definition) is 1.